The van der Waals surface area contributed by atoms with Crippen LogP contribution in [-0.2, 0) is 11.0 Å². The molecule has 7 nitrogen and oxygen atoms in total. The number of ether oxygens (including phenoxy) is 2. The zero-order chi connectivity index (χ0) is 27.0. The Morgan fingerprint density at radius 2 is 1.78 bits per heavy atom. The first-order valence-corrected chi connectivity index (χ1v) is 11.8. The first-order valence-electron chi connectivity index (χ1n) is 10.7. The van der Waals surface area contributed by atoms with E-state index in [4.69, 9.17) is 9.47 Å². The van der Waals surface area contributed by atoms with Crippen LogP contribution in [-0.4, -0.2) is 31.2 Å². The highest BCUT2D eigenvalue weighted by Gasteiger charge is 2.30. The van der Waals surface area contributed by atoms with Crippen molar-refractivity contribution in [1.29, 1.82) is 0 Å². The fraction of sp³-hybridized carbons (Fsp3) is 0.160. The largest absolute Gasteiger partial charge is 0.490 e. The van der Waals surface area contributed by atoms with Gasteiger partial charge in [-0.1, -0.05) is 6.07 Å². The number of hydrazone groups is 1. The summed E-state index contributed by atoms with van der Waals surface area (Å²) in [5.41, 5.74) is 1.96. The maximum atomic E-state index is 13.0. The molecule has 37 heavy (non-hydrogen) atoms. The van der Waals surface area contributed by atoms with Crippen molar-refractivity contribution in [3.05, 3.63) is 86.7 Å². The van der Waals surface area contributed by atoms with Gasteiger partial charge < -0.3 is 14.8 Å². The van der Waals surface area contributed by atoms with Crippen LogP contribution in [0.5, 0.6) is 11.5 Å². The molecule has 0 aromatic heterocycles. The van der Waals surface area contributed by atoms with Crippen LogP contribution in [0.2, 0.25) is 0 Å². The van der Waals surface area contributed by atoms with E-state index in [9.17, 15) is 27.2 Å². The number of anilines is 1. The average Bonchev–Trinajstić information content (AvgIpc) is 2.84. The van der Waals surface area contributed by atoms with Crippen molar-refractivity contribution < 1.29 is 36.6 Å². The summed E-state index contributed by atoms with van der Waals surface area (Å²) in [5, 5.41) is 6.40. The molecule has 3 aromatic carbocycles. The van der Waals surface area contributed by atoms with Gasteiger partial charge in [0, 0.05) is 11.3 Å². The Labute approximate surface area is 223 Å². The highest BCUT2D eigenvalue weighted by Crippen LogP contribution is 2.34. The molecule has 0 aliphatic heterocycles. The van der Waals surface area contributed by atoms with Crippen molar-refractivity contribution >= 4 is 46.3 Å². The lowest BCUT2D eigenvalue weighted by molar-refractivity contribution is -0.137. The smallest absolute Gasteiger partial charge is 0.416 e. The molecule has 2 N–H and O–H groups in total. The monoisotopic (exact) mass is 629 g/mol. The minimum atomic E-state index is -4.57. The van der Waals surface area contributed by atoms with Crippen molar-refractivity contribution in [2.45, 2.75) is 13.1 Å². The topological polar surface area (TPSA) is 89.0 Å². The number of carbonyl (C=O) groups is 2. The van der Waals surface area contributed by atoms with Gasteiger partial charge in [-0.3, -0.25) is 9.59 Å². The fourth-order valence-corrected chi connectivity index (χ4v) is 3.78. The van der Waals surface area contributed by atoms with Crippen LogP contribution in [0.15, 0.2) is 65.8 Å². The summed E-state index contributed by atoms with van der Waals surface area (Å²) in [6, 6.07) is 12.5. The molecule has 0 aliphatic rings. The zero-order valence-corrected chi connectivity index (χ0v) is 21.4. The van der Waals surface area contributed by atoms with Crippen LogP contribution >= 0.6 is 22.6 Å². The van der Waals surface area contributed by atoms with E-state index < -0.39 is 29.4 Å². The van der Waals surface area contributed by atoms with Crippen molar-refractivity contribution in [2.75, 3.05) is 18.5 Å². The number of alkyl halides is 3. The quantitative estimate of drug-likeness (QED) is 0.139. The third-order valence-corrected chi connectivity index (χ3v) is 5.44. The molecule has 0 fully saturated rings. The molecule has 0 spiro atoms. The second kappa shape index (κ2) is 12.5. The van der Waals surface area contributed by atoms with E-state index in [1.165, 1.54) is 36.5 Å². The number of halogens is 5. The van der Waals surface area contributed by atoms with Crippen LogP contribution in [0.25, 0.3) is 0 Å². The minimum Gasteiger partial charge on any atom is -0.490 e. The van der Waals surface area contributed by atoms with Crippen LogP contribution in [0.4, 0.5) is 23.2 Å². The summed E-state index contributed by atoms with van der Waals surface area (Å²) in [7, 11) is 0. The predicted molar refractivity (Wildman–Crippen MR) is 137 cm³/mol. The summed E-state index contributed by atoms with van der Waals surface area (Å²) in [5.74, 6) is -1.08. The highest BCUT2D eigenvalue weighted by atomic mass is 127. The van der Waals surface area contributed by atoms with E-state index in [-0.39, 0.29) is 12.2 Å². The molecule has 3 aromatic rings. The Morgan fingerprint density at radius 3 is 2.46 bits per heavy atom. The Hall–Kier alpha value is -3.68. The van der Waals surface area contributed by atoms with Gasteiger partial charge in [-0.15, -0.1) is 0 Å². The summed E-state index contributed by atoms with van der Waals surface area (Å²) in [4.78, 5) is 24.4. The van der Waals surface area contributed by atoms with Gasteiger partial charge in [-0.05, 0) is 89.7 Å². The number of nitrogens with zero attached hydrogens (tertiary/aromatic N) is 1. The van der Waals surface area contributed by atoms with Gasteiger partial charge in [0.1, 0.15) is 5.82 Å². The van der Waals surface area contributed by atoms with Crippen LogP contribution in [0.3, 0.4) is 0 Å². The van der Waals surface area contributed by atoms with Gasteiger partial charge in [-0.25, -0.2) is 9.82 Å². The molecule has 0 saturated heterocycles. The molecule has 0 atom stereocenters. The molecule has 0 radical (unpaired) electrons. The molecule has 0 aliphatic carbocycles. The van der Waals surface area contributed by atoms with Gasteiger partial charge >= 0.3 is 6.18 Å². The SMILES string of the molecule is CCOc1cc(/C=N\NC(=O)c2cccc(C(F)(F)F)c2)cc(I)c1OCC(=O)Nc1ccc(F)cc1. The van der Waals surface area contributed by atoms with Crippen molar-refractivity contribution in [3.63, 3.8) is 0 Å². The summed E-state index contributed by atoms with van der Waals surface area (Å²) in [6.45, 7) is 1.71. The van der Waals surface area contributed by atoms with E-state index in [0.717, 1.165) is 18.2 Å². The molecule has 2 amide bonds. The van der Waals surface area contributed by atoms with Gasteiger partial charge in [-0.2, -0.15) is 18.3 Å². The van der Waals surface area contributed by atoms with Crippen molar-refractivity contribution in [1.82, 2.24) is 5.43 Å². The Kier molecular flexibility index (Phi) is 9.44. The minimum absolute atomic E-state index is 0.195. The Morgan fingerprint density at radius 1 is 1.05 bits per heavy atom. The Balaban J connectivity index is 1.66. The summed E-state index contributed by atoms with van der Waals surface area (Å²) in [6.07, 6.45) is -3.28. The van der Waals surface area contributed by atoms with E-state index >= 15 is 0 Å². The normalized spacial score (nSPS) is 11.3. The lowest BCUT2D eigenvalue weighted by Gasteiger charge is -2.14. The molecule has 194 valence electrons. The number of hydrogen-bond acceptors (Lipinski definition) is 5. The van der Waals surface area contributed by atoms with Crippen molar-refractivity contribution in [3.8, 4) is 11.5 Å². The van der Waals surface area contributed by atoms with Gasteiger partial charge in [0.25, 0.3) is 11.8 Å². The summed E-state index contributed by atoms with van der Waals surface area (Å²) >= 11 is 1.98. The molecule has 0 unspecified atom stereocenters. The average molecular weight is 629 g/mol. The maximum Gasteiger partial charge on any atom is 0.416 e. The van der Waals surface area contributed by atoms with E-state index in [1.807, 2.05) is 22.6 Å². The third kappa shape index (κ3) is 8.17. The molecule has 0 heterocycles. The Bertz CT molecular complexity index is 1300. The van der Waals surface area contributed by atoms with Gasteiger partial charge in [0.05, 0.1) is 22.0 Å². The van der Waals surface area contributed by atoms with Crippen LogP contribution in [0, 0.1) is 9.39 Å². The number of rotatable bonds is 9. The highest BCUT2D eigenvalue weighted by molar-refractivity contribution is 14.1. The standard InChI is InChI=1S/C25H20F4IN3O4/c1-2-36-21-11-15(13-31-33-24(35)16-4-3-5-17(12-16)25(27,28)29)10-20(30)23(21)37-14-22(34)32-19-8-6-18(26)7-9-19/h3-13H,2,14H2,1H3,(H,32,34)(H,33,35)/b31-13-. The van der Waals surface area contributed by atoms with Crippen LogP contribution < -0.4 is 20.2 Å². The molecule has 12 heteroatoms. The predicted octanol–water partition coefficient (Wildman–Crippen LogP) is 5.63. The van der Waals surface area contributed by atoms with Crippen LogP contribution in [0.1, 0.15) is 28.4 Å². The van der Waals surface area contributed by atoms with Crippen molar-refractivity contribution in [2.24, 2.45) is 5.10 Å². The first-order chi connectivity index (χ1) is 17.6. The number of nitrogens with one attached hydrogen (secondary N) is 2. The third-order valence-electron chi connectivity index (χ3n) is 4.64. The molecular weight excluding hydrogens is 609 g/mol. The lowest BCUT2D eigenvalue weighted by Crippen LogP contribution is -2.20. The molecule has 0 saturated carbocycles. The second-order valence-electron chi connectivity index (χ2n) is 7.38. The van der Waals surface area contributed by atoms with E-state index in [0.29, 0.717) is 32.9 Å². The number of amides is 2. The fourth-order valence-electron chi connectivity index (χ4n) is 3.00. The number of benzene rings is 3. The lowest BCUT2D eigenvalue weighted by atomic mass is 10.1. The first kappa shape index (κ1) is 27.9. The molecule has 3 rings (SSSR count). The zero-order valence-electron chi connectivity index (χ0n) is 19.2. The maximum absolute atomic E-state index is 13.0. The number of hydrogen-bond donors (Lipinski definition) is 2. The second-order valence-corrected chi connectivity index (χ2v) is 8.55. The molecular formula is C25H20F4IN3O4. The van der Waals surface area contributed by atoms with Gasteiger partial charge in [0.2, 0.25) is 0 Å². The molecule has 0 bridgehead atoms. The van der Waals surface area contributed by atoms with E-state index in [1.54, 1.807) is 19.1 Å². The van der Waals surface area contributed by atoms with Gasteiger partial charge in [0.15, 0.2) is 18.1 Å². The van der Waals surface area contributed by atoms with E-state index in [2.05, 4.69) is 15.8 Å². The summed E-state index contributed by atoms with van der Waals surface area (Å²) < 4.78 is 63.4. The number of carbonyl (C=O) groups excluding carboxylic acids is 2.